The predicted octanol–water partition coefficient (Wildman–Crippen LogP) is 1.87. The lowest BCUT2D eigenvalue weighted by Gasteiger charge is -2.19. The van der Waals surface area contributed by atoms with Crippen LogP contribution in [-0.4, -0.2) is 48.7 Å². The quantitative estimate of drug-likeness (QED) is 0.629. The molecule has 3 rings (SSSR count). The van der Waals surface area contributed by atoms with Crippen LogP contribution in [0.1, 0.15) is 43.2 Å². The summed E-state index contributed by atoms with van der Waals surface area (Å²) < 4.78 is 6.22. The van der Waals surface area contributed by atoms with Crippen LogP contribution >= 0.6 is 0 Å². The van der Waals surface area contributed by atoms with E-state index in [1.165, 1.54) is 12.8 Å². The molecule has 1 aliphatic heterocycles. The number of hydrogen-bond acceptors (Lipinski definition) is 5. The van der Waals surface area contributed by atoms with Crippen molar-refractivity contribution in [2.75, 3.05) is 14.1 Å². The van der Waals surface area contributed by atoms with Gasteiger partial charge in [0.15, 0.2) is 0 Å². The topological polar surface area (TPSA) is 101 Å². The van der Waals surface area contributed by atoms with Crippen LogP contribution in [0.15, 0.2) is 23.4 Å². The summed E-state index contributed by atoms with van der Waals surface area (Å²) in [6.07, 6.45) is 4.18. The third kappa shape index (κ3) is 3.75. The van der Waals surface area contributed by atoms with Crippen LogP contribution in [0.2, 0.25) is 0 Å². The van der Waals surface area contributed by atoms with Gasteiger partial charge in [0.1, 0.15) is 11.6 Å². The monoisotopic (exact) mass is 344 g/mol. The molecule has 1 fully saturated rings. The third-order valence-corrected chi connectivity index (χ3v) is 4.60. The summed E-state index contributed by atoms with van der Waals surface area (Å²) in [6.45, 7) is 0. The van der Waals surface area contributed by atoms with Gasteiger partial charge in [-0.05, 0) is 37.8 Å². The summed E-state index contributed by atoms with van der Waals surface area (Å²) in [4.78, 5) is 18.2. The Kier molecular flexibility index (Phi) is 4.92. The number of hydrogen-bond donors (Lipinski definition) is 2. The fourth-order valence-electron chi connectivity index (χ4n) is 3.14. The fourth-order valence-corrected chi connectivity index (χ4v) is 3.14. The number of amides is 1. The molecule has 0 spiro atoms. The largest absolute Gasteiger partial charge is 0.490 e. The minimum absolute atomic E-state index is 0.178. The molecule has 7 nitrogen and oxygen atoms in total. The molecular formula is C18H24N4O3. The molecule has 7 heteroatoms. The van der Waals surface area contributed by atoms with Gasteiger partial charge in [0.25, 0.3) is 5.91 Å². The van der Waals surface area contributed by atoms with E-state index in [4.69, 9.17) is 20.7 Å². The van der Waals surface area contributed by atoms with E-state index in [1.807, 2.05) is 32.3 Å². The van der Waals surface area contributed by atoms with Crippen molar-refractivity contribution in [3.05, 3.63) is 29.3 Å². The molecule has 0 bridgehead atoms. The molecule has 0 radical (unpaired) electrons. The normalized spacial score (nSPS) is 20.1. The number of carbonyl (C=O) groups excluding carboxylic acids is 1. The average molecular weight is 344 g/mol. The molecule has 134 valence electrons. The van der Waals surface area contributed by atoms with Crippen molar-refractivity contribution in [1.82, 2.24) is 4.90 Å². The highest BCUT2D eigenvalue weighted by Crippen LogP contribution is 2.30. The SMILES string of the molecule is CN(C)C(=N)c1ccc(C2=NOC(C(N)=O)C2)c(OC2CCCC2)c1. The van der Waals surface area contributed by atoms with Crippen LogP contribution in [0.5, 0.6) is 5.75 Å². The van der Waals surface area contributed by atoms with Gasteiger partial charge in [-0.15, -0.1) is 0 Å². The molecular weight excluding hydrogens is 320 g/mol. The molecule has 1 unspecified atom stereocenters. The van der Waals surface area contributed by atoms with Crippen molar-refractivity contribution < 1.29 is 14.4 Å². The zero-order valence-corrected chi connectivity index (χ0v) is 14.6. The molecule has 1 aromatic carbocycles. The van der Waals surface area contributed by atoms with Crippen LogP contribution in [0, 0.1) is 5.41 Å². The Morgan fingerprint density at radius 1 is 1.36 bits per heavy atom. The number of nitrogens with zero attached hydrogens (tertiary/aromatic N) is 2. The summed E-state index contributed by atoms with van der Waals surface area (Å²) in [5, 5.41) is 12.2. The molecule has 1 amide bonds. The first-order valence-electron chi connectivity index (χ1n) is 8.55. The number of amidine groups is 1. The van der Waals surface area contributed by atoms with E-state index in [0.29, 0.717) is 23.7 Å². The van der Waals surface area contributed by atoms with Crippen molar-refractivity contribution in [2.24, 2.45) is 10.9 Å². The summed E-state index contributed by atoms with van der Waals surface area (Å²) in [7, 11) is 3.67. The summed E-state index contributed by atoms with van der Waals surface area (Å²) in [5.41, 5.74) is 7.52. The van der Waals surface area contributed by atoms with E-state index in [2.05, 4.69) is 5.16 Å². The number of nitrogens with two attached hydrogens (primary N) is 1. The lowest BCUT2D eigenvalue weighted by molar-refractivity contribution is -0.127. The van der Waals surface area contributed by atoms with E-state index in [9.17, 15) is 4.79 Å². The maximum Gasteiger partial charge on any atom is 0.261 e. The zero-order chi connectivity index (χ0) is 18.0. The highest BCUT2D eigenvalue weighted by molar-refractivity contribution is 6.07. The summed E-state index contributed by atoms with van der Waals surface area (Å²) in [5.74, 6) is 0.564. The molecule has 1 atom stereocenters. The van der Waals surface area contributed by atoms with E-state index >= 15 is 0 Å². The van der Waals surface area contributed by atoms with Crippen LogP contribution in [0.25, 0.3) is 0 Å². The molecule has 3 N–H and O–H groups in total. The van der Waals surface area contributed by atoms with Crippen molar-refractivity contribution in [1.29, 1.82) is 5.41 Å². The first-order valence-corrected chi connectivity index (χ1v) is 8.55. The van der Waals surface area contributed by atoms with Gasteiger partial charge in [-0.3, -0.25) is 10.2 Å². The van der Waals surface area contributed by atoms with Gasteiger partial charge >= 0.3 is 0 Å². The molecule has 25 heavy (non-hydrogen) atoms. The minimum atomic E-state index is -0.728. The molecule has 1 aliphatic carbocycles. The van der Waals surface area contributed by atoms with Crippen molar-refractivity contribution in [3.63, 3.8) is 0 Å². The summed E-state index contributed by atoms with van der Waals surface area (Å²) in [6, 6.07) is 5.61. The van der Waals surface area contributed by atoms with Crippen molar-refractivity contribution in [2.45, 2.75) is 44.3 Å². The lowest BCUT2D eigenvalue weighted by atomic mass is 10.0. The third-order valence-electron chi connectivity index (χ3n) is 4.60. The van der Waals surface area contributed by atoms with Gasteiger partial charge in [-0.1, -0.05) is 11.2 Å². The molecule has 0 saturated heterocycles. The van der Waals surface area contributed by atoms with Crippen LogP contribution in [0.3, 0.4) is 0 Å². The van der Waals surface area contributed by atoms with E-state index in [1.54, 1.807) is 4.90 Å². The van der Waals surface area contributed by atoms with Crippen molar-refractivity contribution >= 4 is 17.5 Å². The summed E-state index contributed by atoms with van der Waals surface area (Å²) >= 11 is 0. The Hall–Kier alpha value is -2.57. The highest BCUT2D eigenvalue weighted by atomic mass is 16.6. The average Bonchev–Trinajstić information content (AvgIpc) is 3.25. The number of carbonyl (C=O) groups is 1. The second kappa shape index (κ2) is 7.13. The highest BCUT2D eigenvalue weighted by Gasteiger charge is 2.29. The fraction of sp³-hybridized carbons (Fsp3) is 0.500. The minimum Gasteiger partial charge on any atom is -0.490 e. The van der Waals surface area contributed by atoms with Crippen LogP contribution in [0.4, 0.5) is 0 Å². The molecule has 1 aromatic rings. The van der Waals surface area contributed by atoms with E-state index < -0.39 is 12.0 Å². The number of primary amides is 1. The molecule has 1 heterocycles. The number of ether oxygens (including phenoxy) is 1. The van der Waals surface area contributed by atoms with Crippen LogP contribution in [-0.2, 0) is 9.63 Å². The van der Waals surface area contributed by atoms with Gasteiger partial charge < -0.3 is 20.2 Å². The van der Waals surface area contributed by atoms with E-state index in [0.717, 1.165) is 24.0 Å². The second-order valence-corrected chi connectivity index (χ2v) is 6.72. The van der Waals surface area contributed by atoms with Crippen molar-refractivity contribution in [3.8, 4) is 5.75 Å². The first-order chi connectivity index (χ1) is 12.0. The molecule has 0 aromatic heterocycles. The van der Waals surface area contributed by atoms with Gasteiger partial charge in [-0.25, -0.2) is 0 Å². The van der Waals surface area contributed by atoms with Gasteiger partial charge in [0.2, 0.25) is 6.10 Å². The Balaban J connectivity index is 1.90. The number of nitrogens with one attached hydrogen (secondary N) is 1. The Bertz CT molecular complexity index is 708. The Morgan fingerprint density at radius 3 is 2.68 bits per heavy atom. The predicted molar refractivity (Wildman–Crippen MR) is 95.1 cm³/mol. The lowest BCUT2D eigenvalue weighted by Crippen LogP contribution is -2.28. The second-order valence-electron chi connectivity index (χ2n) is 6.72. The van der Waals surface area contributed by atoms with E-state index in [-0.39, 0.29) is 6.10 Å². The Labute approximate surface area is 147 Å². The number of oxime groups is 1. The first kappa shape index (κ1) is 17.3. The van der Waals surface area contributed by atoms with Crippen LogP contribution < -0.4 is 10.5 Å². The van der Waals surface area contributed by atoms with Gasteiger partial charge in [0, 0.05) is 31.6 Å². The molecule has 2 aliphatic rings. The number of rotatable bonds is 5. The number of benzene rings is 1. The molecule has 1 saturated carbocycles. The van der Waals surface area contributed by atoms with Gasteiger partial charge in [0.05, 0.1) is 11.8 Å². The van der Waals surface area contributed by atoms with Gasteiger partial charge in [-0.2, -0.15) is 0 Å². The standard InChI is InChI=1S/C18H24N4O3/c1-22(2)17(19)11-7-8-13(14-10-16(18(20)23)25-21-14)15(9-11)24-12-5-3-4-6-12/h7-9,12,16,19H,3-6,10H2,1-2H3,(H2,20,23). The maximum absolute atomic E-state index is 11.3. The maximum atomic E-state index is 11.3. The zero-order valence-electron chi connectivity index (χ0n) is 14.6. The Morgan fingerprint density at radius 2 is 2.08 bits per heavy atom. The smallest absolute Gasteiger partial charge is 0.261 e.